The molecule has 98 valence electrons. The summed E-state index contributed by atoms with van der Waals surface area (Å²) in [7, 11) is 0. The number of amides is 1. The van der Waals surface area contributed by atoms with Crippen LogP contribution in [-0.4, -0.2) is 18.5 Å². The molecule has 0 unspecified atom stereocenters. The van der Waals surface area contributed by atoms with Crippen molar-refractivity contribution in [1.29, 1.82) is 0 Å². The molecule has 0 spiro atoms. The molecule has 0 saturated heterocycles. The third-order valence-electron chi connectivity index (χ3n) is 3.28. The van der Waals surface area contributed by atoms with Crippen molar-refractivity contribution in [2.24, 2.45) is 0 Å². The summed E-state index contributed by atoms with van der Waals surface area (Å²) < 4.78 is 0.982. The van der Waals surface area contributed by atoms with Gasteiger partial charge in [-0.25, -0.2) is 0 Å². The fourth-order valence-corrected chi connectivity index (χ4v) is 2.73. The second-order valence-electron chi connectivity index (χ2n) is 4.74. The molecule has 4 heteroatoms. The van der Waals surface area contributed by atoms with Crippen molar-refractivity contribution in [3.8, 4) is 0 Å². The number of carbonyl (C=O) groups is 1. The zero-order chi connectivity index (χ0) is 12.8. The van der Waals surface area contributed by atoms with Crippen molar-refractivity contribution in [2.75, 3.05) is 11.9 Å². The summed E-state index contributed by atoms with van der Waals surface area (Å²) in [5.74, 6) is 0.0812. The van der Waals surface area contributed by atoms with Gasteiger partial charge in [-0.2, -0.15) is 0 Å². The zero-order valence-electron chi connectivity index (χ0n) is 10.4. The molecule has 18 heavy (non-hydrogen) atoms. The van der Waals surface area contributed by atoms with E-state index in [0.29, 0.717) is 12.6 Å². The Morgan fingerprint density at radius 1 is 1.22 bits per heavy atom. The molecule has 0 aromatic heterocycles. The van der Waals surface area contributed by atoms with Crippen LogP contribution in [-0.2, 0) is 4.79 Å². The summed E-state index contributed by atoms with van der Waals surface area (Å²) in [5.41, 5.74) is 0.955. The molecular weight excluding hydrogens is 292 g/mol. The van der Waals surface area contributed by atoms with Crippen LogP contribution in [0.15, 0.2) is 28.7 Å². The first-order chi connectivity index (χ1) is 8.75. The monoisotopic (exact) mass is 310 g/mol. The van der Waals surface area contributed by atoms with Crippen molar-refractivity contribution in [1.82, 2.24) is 5.32 Å². The minimum absolute atomic E-state index is 0.0812. The molecule has 1 aromatic carbocycles. The first-order valence-electron chi connectivity index (χ1n) is 6.53. The first kappa shape index (κ1) is 13.4. The van der Waals surface area contributed by atoms with Gasteiger partial charge in [-0.15, -0.1) is 0 Å². The van der Waals surface area contributed by atoms with Gasteiger partial charge in [0.25, 0.3) is 0 Å². The number of hydrogen-bond acceptors (Lipinski definition) is 2. The van der Waals surface area contributed by atoms with Gasteiger partial charge in [0.2, 0.25) is 5.91 Å². The number of halogens is 1. The van der Waals surface area contributed by atoms with Gasteiger partial charge < -0.3 is 10.6 Å². The van der Waals surface area contributed by atoms with E-state index in [4.69, 9.17) is 0 Å². The Kier molecular flexibility index (Phi) is 5.05. The Morgan fingerprint density at radius 3 is 2.67 bits per heavy atom. The van der Waals surface area contributed by atoms with Crippen LogP contribution in [0.1, 0.15) is 32.1 Å². The molecule has 1 aliphatic carbocycles. The largest absolute Gasteiger partial charge is 0.375 e. The Hall–Kier alpha value is -1.03. The number of carbonyl (C=O) groups excluding carboxylic acids is 1. The molecule has 1 amide bonds. The van der Waals surface area contributed by atoms with Crippen LogP contribution in [0.5, 0.6) is 0 Å². The third-order valence-corrected chi connectivity index (χ3v) is 3.98. The van der Waals surface area contributed by atoms with Crippen molar-refractivity contribution < 1.29 is 4.79 Å². The summed E-state index contributed by atoms with van der Waals surface area (Å²) in [6.45, 7) is 0.332. The van der Waals surface area contributed by atoms with E-state index in [1.165, 1.54) is 19.3 Å². The minimum Gasteiger partial charge on any atom is -0.375 e. The molecule has 0 heterocycles. The molecule has 1 aromatic rings. The van der Waals surface area contributed by atoms with Gasteiger partial charge in [-0.3, -0.25) is 4.79 Å². The van der Waals surface area contributed by atoms with Gasteiger partial charge in [0, 0.05) is 16.2 Å². The smallest absolute Gasteiger partial charge is 0.239 e. The van der Waals surface area contributed by atoms with Gasteiger partial charge in [0.05, 0.1) is 6.54 Å². The highest BCUT2D eigenvalue weighted by Gasteiger charge is 2.15. The minimum atomic E-state index is 0.0812. The number of benzene rings is 1. The highest BCUT2D eigenvalue weighted by molar-refractivity contribution is 9.10. The molecule has 0 radical (unpaired) electrons. The number of rotatable bonds is 4. The summed E-state index contributed by atoms with van der Waals surface area (Å²) in [6.07, 6.45) is 6.04. The fourth-order valence-electron chi connectivity index (χ4n) is 2.31. The Balaban J connectivity index is 1.76. The maximum Gasteiger partial charge on any atom is 0.239 e. The van der Waals surface area contributed by atoms with Gasteiger partial charge >= 0.3 is 0 Å². The average Bonchev–Trinajstić information content (AvgIpc) is 2.39. The number of hydrogen-bond donors (Lipinski definition) is 2. The number of nitrogens with one attached hydrogen (secondary N) is 2. The van der Waals surface area contributed by atoms with Crippen LogP contribution in [0.25, 0.3) is 0 Å². The molecule has 1 fully saturated rings. The lowest BCUT2D eigenvalue weighted by molar-refractivity contribution is -0.120. The predicted octanol–water partition coefficient (Wildman–Crippen LogP) is 3.31. The molecule has 2 N–H and O–H groups in total. The van der Waals surface area contributed by atoms with E-state index in [1.807, 2.05) is 24.3 Å². The van der Waals surface area contributed by atoms with Crippen LogP contribution < -0.4 is 10.6 Å². The van der Waals surface area contributed by atoms with E-state index < -0.39 is 0 Å². The standard InChI is InChI=1S/C14H19BrN2O/c15-12-8-4-5-9-13(12)16-10-14(18)17-11-6-2-1-3-7-11/h4-5,8-9,11,16H,1-3,6-7,10H2,(H,17,18). The summed E-state index contributed by atoms with van der Waals surface area (Å²) in [5, 5.41) is 6.24. The quantitative estimate of drug-likeness (QED) is 0.896. The topological polar surface area (TPSA) is 41.1 Å². The van der Waals surface area contributed by atoms with E-state index in [1.54, 1.807) is 0 Å². The second kappa shape index (κ2) is 6.78. The third kappa shape index (κ3) is 4.02. The van der Waals surface area contributed by atoms with Crippen molar-refractivity contribution in [3.63, 3.8) is 0 Å². The van der Waals surface area contributed by atoms with E-state index >= 15 is 0 Å². The average molecular weight is 311 g/mol. The maximum absolute atomic E-state index is 11.8. The molecule has 0 aliphatic heterocycles. The van der Waals surface area contributed by atoms with Crippen LogP contribution in [0, 0.1) is 0 Å². The van der Waals surface area contributed by atoms with Gasteiger partial charge in [-0.05, 0) is 40.9 Å². The van der Waals surface area contributed by atoms with Crippen molar-refractivity contribution >= 4 is 27.5 Å². The molecule has 0 bridgehead atoms. The Labute approximate surface area is 116 Å². The van der Waals surface area contributed by atoms with Gasteiger partial charge in [0.1, 0.15) is 0 Å². The summed E-state index contributed by atoms with van der Waals surface area (Å²) in [6, 6.07) is 8.20. The normalized spacial score (nSPS) is 16.3. The van der Waals surface area contributed by atoms with Crippen molar-refractivity contribution in [2.45, 2.75) is 38.1 Å². The molecule has 3 nitrogen and oxygen atoms in total. The SMILES string of the molecule is O=C(CNc1ccccc1Br)NC1CCCCC1. The Morgan fingerprint density at radius 2 is 1.94 bits per heavy atom. The number of para-hydroxylation sites is 1. The van der Waals surface area contributed by atoms with Crippen LogP contribution in [0.4, 0.5) is 5.69 Å². The van der Waals surface area contributed by atoms with Gasteiger partial charge in [-0.1, -0.05) is 31.4 Å². The zero-order valence-corrected chi connectivity index (χ0v) is 12.0. The highest BCUT2D eigenvalue weighted by Crippen LogP contribution is 2.21. The first-order valence-corrected chi connectivity index (χ1v) is 7.33. The van der Waals surface area contributed by atoms with Crippen LogP contribution >= 0.6 is 15.9 Å². The molecule has 1 saturated carbocycles. The van der Waals surface area contributed by atoms with Crippen LogP contribution in [0.2, 0.25) is 0 Å². The molecular formula is C14H19BrN2O. The fraction of sp³-hybridized carbons (Fsp3) is 0.500. The summed E-state index contributed by atoms with van der Waals surface area (Å²) in [4.78, 5) is 11.8. The molecule has 0 atom stereocenters. The molecule has 2 rings (SSSR count). The lowest BCUT2D eigenvalue weighted by Gasteiger charge is -2.22. The second-order valence-corrected chi connectivity index (χ2v) is 5.59. The van der Waals surface area contributed by atoms with E-state index in [2.05, 4.69) is 26.6 Å². The molecule has 1 aliphatic rings. The van der Waals surface area contributed by atoms with Gasteiger partial charge in [0.15, 0.2) is 0 Å². The predicted molar refractivity (Wildman–Crippen MR) is 77.6 cm³/mol. The van der Waals surface area contributed by atoms with E-state index in [9.17, 15) is 4.79 Å². The highest BCUT2D eigenvalue weighted by atomic mass is 79.9. The maximum atomic E-state index is 11.8. The van der Waals surface area contributed by atoms with E-state index in [0.717, 1.165) is 23.0 Å². The van der Waals surface area contributed by atoms with E-state index in [-0.39, 0.29) is 5.91 Å². The van der Waals surface area contributed by atoms with Crippen molar-refractivity contribution in [3.05, 3.63) is 28.7 Å². The summed E-state index contributed by atoms with van der Waals surface area (Å²) >= 11 is 3.45. The lowest BCUT2D eigenvalue weighted by atomic mass is 9.95. The lowest BCUT2D eigenvalue weighted by Crippen LogP contribution is -2.39. The Bertz CT molecular complexity index is 403. The number of anilines is 1. The van der Waals surface area contributed by atoms with Crippen LogP contribution in [0.3, 0.4) is 0 Å².